The second-order valence-electron chi connectivity index (χ2n) is 5.18. The van der Waals surface area contributed by atoms with E-state index in [2.05, 4.69) is 6.92 Å². The Balaban J connectivity index is 1.79. The van der Waals surface area contributed by atoms with Gasteiger partial charge in [-0.05, 0) is 6.42 Å². The van der Waals surface area contributed by atoms with Crippen molar-refractivity contribution in [2.75, 3.05) is 26.2 Å². The Morgan fingerprint density at radius 2 is 2.17 bits per heavy atom. The number of amides is 1. The van der Waals surface area contributed by atoms with Crippen molar-refractivity contribution in [3.8, 4) is 0 Å². The van der Waals surface area contributed by atoms with Gasteiger partial charge in [-0.3, -0.25) is 4.79 Å². The molecule has 2 fully saturated rings. The lowest BCUT2D eigenvalue weighted by molar-refractivity contribution is -0.195. The molecule has 1 spiro atoms. The third-order valence-corrected chi connectivity index (χ3v) is 3.80. The number of carbonyl (C=O) groups excluding carboxylic acids is 1. The highest BCUT2D eigenvalue weighted by atomic mass is 16.7. The Hall–Kier alpha value is -0.650. The second kappa shape index (κ2) is 5.99. The van der Waals surface area contributed by atoms with Crippen LogP contribution in [0.4, 0.5) is 0 Å². The van der Waals surface area contributed by atoms with Crippen LogP contribution in [-0.4, -0.2) is 48.9 Å². The molecule has 1 atom stereocenters. The van der Waals surface area contributed by atoms with E-state index in [1.54, 1.807) is 0 Å². The third-order valence-electron chi connectivity index (χ3n) is 3.80. The molecule has 2 saturated heterocycles. The summed E-state index contributed by atoms with van der Waals surface area (Å²) in [6.45, 7) is 4.66. The zero-order valence-corrected chi connectivity index (χ0v) is 11.2. The van der Waals surface area contributed by atoms with Crippen LogP contribution >= 0.6 is 0 Å². The highest BCUT2D eigenvalue weighted by Gasteiger charge is 2.43. The van der Waals surface area contributed by atoms with Gasteiger partial charge < -0.3 is 20.1 Å². The smallest absolute Gasteiger partial charge is 0.222 e. The highest BCUT2D eigenvalue weighted by Crippen LogP contribution is 2.33. The van der Waals surface area contributed by atoms with E-state index < -0.39 is 5.79 Å². The Morgan fingerprint density at radius 1 is 1.44 bits per heavy atom. The first-order chi connectivity index (χ1) is 8.69. The van der Waals surface area contributed by atoms with Crippen molar-refractivity contribution in [2.24, 2.45) is 5.73 Å². The standard InChI is InChI=1S/C13H24N2O3/c1-2-3-4-12(16)15-7-5-13(6-8-15)17-10-11(9-14)18-13/h11H,2-10,14H2,1H3. The predicted octanol–water partition coefficient (Wildman–Crippen LogP) is 0.869. The second-order valence-corrected chi connectivity index (χ2v) is 5.18. The minimum Gasteiger partial charge on any atom is -0.347 e. The Kier molecular flexibility index (Phi) is 4.59. The molecule has 104 valence electrons. The number of likely N-dealkylation sites (tertiary alicyclic amines) is 1. The summed E-state index contributed by atoms with van der Waals surface area (Å²) in [6.07, 6.45) is 4.25. The number of carbonyl (C=O) groups is 1. The van der Waals surface area contributed by atoms with Crippen molar-refractivity contribution in [1.29, 1.82) is 0 Å². The monoisotopic (exact) mass is 256 g/mol. The average molecular weight is 256 g/mol. The molecular weight excluding hydrogens is 232 g/mol. The summed E-state index contributed by atoms with van der Waals surface area (Å²) in [6, 6.07) is 0. The Morgan fingerprint density at radius 3 is 2.72 bits per heavy atom. The van der Waals surface area contributed by atoms with Crippen molar-refractivity contribution >= 4 is 5.91 Å². The summed E-state index contributed by atoms with van der Waals surface area (Å²) in [5.41, 5.74) is 5.58. The summed E-state index contributed by atoms with van der Waals surface area (Å²) in [5, 5.41) is 0. The molecular formula is C13H24N2O3. The average Bonchev–Trinajstić information content (AvgIpc) is 2.80. The van der Waals surface area contributed by atoms with Gasteiger partial charge in [-0.2, -0.15) is 0 Å². The number of unbranched alkanes of at least 4 members (excludes halogenated alkanes) is 1. The molecule has 1 amide bonds. The number of rotatable bonds is 4. The van der Waals surface area contributed by atoms with Crippen molar-refractivity contribution in [3.05, 3.63) is 0 Å². The van der Waals surface area contributed by atoms with Gasteiger partial charge in [0.05, 0.1) is 12.7 Å². The van der Waals surface area contributed by atoms with Gasteiger partial charge in [0.1, 0.15) is 0 Å². The largest absolute Gasteiger partial charge is 0.347 e. The zero-order chi connectivity index (χ0) is 13.0. The molecule has 0 aromatic heterocycles. The Bertz CT molecular complexity index is 288. The number of ether oxygens (including phenoxy) is 2. The van der Waals surface area contributed by atoms with Crippen molar-refractivity contribution < 1.29 is 14.3 Å². The van der Waals surface area contributed by atoms with E-state index in [0.29, 0.717) is 19.6 Å². The molecule has 5 heteroatoms. The molecule has 2 N–H and O–H groups in total. The van der Waals surface area contributed by atoms with Crippen LogP contribution in [0.15, 0.2) is 0 Å². The summed E-state index contributed by atoms with van der Waals surface area (Å²) in [5.74, 6) is -0.203. The van der Waals surface area contributed by atoms with Crippen molar-refractivity contribution in [1.82, 2.24) is 4.90 Å². The lowest BCUT2D eigenvalue weighted by Crippen LogP contribution is -2.47. The SMILES string of the molecule is CCCCC(=O)N1CCC2(CC1)OCC(CN)O2. The number of nitrogens with zero attached hydrogens (tertiary/aromatic N) is 1. The molecule has 2 aliphatic rings. The van der Waals surface area contributed by atoms with Crippen LogP contribution in [0, 0.1) is 0 Å². The Labute approximate surface area is 109 Å². The summed E-state index contributed by atoms with van der Waals surface area (Å²) in [4.78, 5) is 13.8. The number of nitrogens with two attached hydrogens (primary N) is 1. The van der Waals surface area contributed by atoms with E-state index in [0.717, 1.165) is 38.8 Å². The molecule has 2 heterocycles. The van der Waals surface area contributed by atoms with Gasteiger partial charge in [0.15, 0.2) is 5.79 Å². The van der Waals surface area contributed by atoms with Gasteiger partial charge in [0, 0.05) is 38.9 Å². The first-order valence-electron chi connectivity index (χ1n) is 6.99. The van der Waals surface area contributed by atoms with Crippen LogP contribution in [-0.2, 0) is 14.3 Å². The molecule has 5 nitrogen and oxygen atoms in total. The molecule has 1 unspecified atom stereocenters. The third kappa shape index (κ3) is 3.02. The normalized spacial score (nSPS) is 26.8. The van der Waals surface area contributed by atoms with Crippen LogP contribution in [0.1, 0.15) is 39.0 Å². The summed E-state index contributed by atoms with van der Waals surface area (Å²) >= 11 is 0. The maximum Gasteiger partial charge on any atom is 0.222 e. The van der Waals surface area contributed by atoms with Crippen molar-refractivity contribution in [2.45, 2.75) is 50.9 Å². The number of hydrogen-bond donors (Lipinski definition) is 1. The molecule has 0 bridgehead atoms. The van der Waals surface area contributed by atoms with Gasteiger partial charge in [0.2, 0.25) is 5.91 Å². The van der Waals surface area contributed by atoms with Gasteiger partial charge in [-0.15, -0.1) is 0 Å². The van der Waals surface area contributed by atoms with Crippen LogP contribution in [0.25, 0.3) is 0 Å². The maximum atomic E-state index is 11.9. The minimum absolute atomic E-state index is 0.0207. The highest BCUT2D eigenvalue weighted by molar-refractivity contribution is 5.76. The van der Waals surface area contributed by atoms with Crippen LogP contribution in [0.5, 0.6) is 0 Å². The van der Waals surface area contributed by atoms with E-state index in [9.17, 15) is 4.79 Å². The van der Waals surface area contributed by atoms with E-state index >= 15 is 0 Å². The lowest BCUT2D eigenvalue weighted by Gasteiger charge is -2.38. The topological polar surface area (TPSA) is 64.8 Å². The molecule has 0 aromatic carbocycles. The predicted molar refractivity (Wildman–Crippen MR) is 67.9 cm³/mol. The fraction of sp³-hybridized carbons (Fsp3) is 0.923. The number of piperidine rings is 1. The summed E-state index contributed by atoms with van der Waals surface area (Å²) < 4.78 is 11.6. The zero-order valence-electron chi connectivity index (χ0n) is 11.2. The summed E-state index contributed by atoms with van der Waals surface area (Å²) in [7, 11) is 0. The fourth-order valence-corrected chi connectivity index (χ4v) is 2.58. The first kappa shape index (κ1) is 13.8. The minimum atomic E-state index is -0.467. The molecule has 18 heavy (non-hydrogen) atoms. The van der Waals surface area contributed by atoms with Gasteiger partial charge in [-0.1, -0.05) is 13.3 Å². The van der Waals surface area contributed by atoms with Crippen molar-refractivity contribution in [3.63, 3.8) is 0 Å². The maximum absolute atomic E-state index is 11.9. The van der Waals surface area contributed by atoms with Crippen LogP contribution in [0.3, 0.4) is 0 Å². The lowest BCUT2D eigenvalue weighted by atomic mass is 10.0. The molecule has 0 saturated carbocycles. The number of hydrogen-bond acceptors (Lipinski definition) is 4. The van der Waals surface area contributed by atoms with Crippen LogP contribution in [0.2, 0.25) is 0 Å². The van der Waals surface area contributed by atoms with Gasteiger partial charge >= 0.3 is 0 Å². The molecule has 0 aliphatic carbocycles. The quantitative estimate of drug-likeness (QED) is 0.810. The molecule has 2 aliphatic heterocycles. The van der Waals surface area contributed by atoms with E-state index in [4.69, 9.17) is 15.2 Å². The molecule has 0 radical (unpaired) electrons. The molecule has 2 rings (SSSR count). The van der Waals surface area contributed by atoms with E-state index in [-0.39, 0.29) is 12.0 Å². The fourth-order valence-electron chi connectivity index (χ4n) is 2.58. The first-order valence-corrected chi connectivity index (χ1v) is 6.99. The van der Waals surface area contributed by atoms with Crippen LogP contribution < -0.4 is 5.73 Å². The molecule has 0 aromatic rings. The van der Waals surface area contributed by atoms with E-state index in [1.807, 2.05) is 4.90 Å². The van der Waals surface area contributed by atoms with Gasteiger partial charge in [-0.25, -0.2) is 0 Å². The van der Waals surface area contributed by atoms with E-state index in [1.165, 1.54) is 0 Å². The van der Waals surface area contributed by atoms with Gasteiger partial charge in [0.25, 0.3) is 0 Å².